The molecule has 32 heavy (non-hydrogen) atoms. The van der Waals surface area contributed by atoms with Crippen LogP contribution in [0.2, 0.25) is 0 Å². The predicted molar refractivity (Wildman–Crippen MR) is 121 cm³/mol. The summed E-state index contributed by atoms with van der Waals surface area (Å²) in [5.41, 5.74) is 3.87. The van der Waals surface area contributed by atoms with Crippen LogP contribution in [-0.4, -0.2) is 42.3 Å². The van der Waals surface area contributed by atoms with Gasteiger partial charge in [0.25, 0.3) is 0 Å². The molecular weight excluding hydrogens is 408 g/mol. The van der Waals surface area contributed by atoms with Crippen LogP contribution in [0.15, 0.2) is 48.5 Å². The van der Waals surface area contributed by atoms with E-state index in [0.29, 0.717) is 6.42 Å². The van der Waals surface area contributed by atoms with Crippen LogP contribution < -0.4 is 10.6 Å². The molecule has 0 aromatic heterocycles. The molecule has 2 amide bonds. The summed E-state index contributed by atoms with van der Waals surface area (Å²) in [5.74, 6) is -1.22. The number of fused-ring (bicyclic) bond motifs is 3. The topological polar surface area (TPSA) is 105 Å². The predicted octanol–water partition coefficient (Wildman–Crippen LogP) is 3.92. The molecule has 1 atom stereocenters. The highest BCUT2D eigenvalue weighted by Gasteiger charge is 2.30. The largest absolute Gasteiger partial charge is 0.481 e. The zero-order chi connectivity index (χ0) is 23.3. The van der Waals surface area contributed by atoms with Gasteiger partial charge in [0.05, 0.1) is 6.42 Å². The Morgan fingerprint density at radius 2 is 1.59 bits per heavy atom. The summed E-state index contributed by atoms with van der Waals surface area (Å²) in [7, 11) is 0. The standard InChI is InChI=1S/C25H30N2O5/c1-16(14-22(28)29)27-23(30)25(2,3)12-13-26-24(31)32-15-21-19-10-6-4-8-17(19)18-9-5-7-11-20(18)21/h4-11,16,21H,12-15H2,1-3H3,(H,26,31)(H,27,30)(H,28,29). The monoisotopic (exact) mass is 438 g/mol. The molecule has 3 N–H and O–H groups in total. The number of carboxylic acid groups (broad SMARTS) is 1. The number of aliphatic carboxylic acids is 1. The third-order valence-electron chi connectivity index (χ3n) is 5.84. The van der Waals surface area contributed by atoms with Crippen molar-refractivity contribution in [2.24, 2.45) is 5.41 Å². The van der Waals surface area contributed by atoms with Gasteiger partial charge in [0, 0.05) is 23.9 Å². The molecule has 7 heteroatoms. The van der Waals surface area contributed by atoms with Crippen molar-refractivity contribution in [2.75, 3.05) is 13.2 Å². The minimum Gasteiger partial charge on any atom is -0.481 e. The van der Waals surface area contributed by atoms with Gasteiger partial charge in [-0.05, 0) is 35.6 Å². The third-order valence-corrected chi connectivity index (χ3v) is 5.84. The van der Waals surface area contributed by atoms with E-state index in [4.69, 9.17) is 9.84 Å². The number of rotatable bonds is 9. The summed E-state index contributed by atoms with van der Waals surface area (Å²) in [5, 5.41) is 14.2. The number of ether oxygens (including phenoxy) is 1. The van der Waals surface area contributed by atoms with Crippen LogP contribution >= 0.6 is 0 Å². The molecule has 0 heterocycles. The minimum absolute atomic E-state index is 0.00825. The van der Waals surface area contributed by atoms with Crippen molar-refractivity contribution < 1.29 is 24.2 Å². The van der Waals surface area contributed by atoms with Crippen molar-refractivity contribution in [3.8, 4) is 11.1 Å². The van der Waals surface area contributed by atoms with Gasteiger partial charge in [0.2, 0.25) is 5.91 Å². The summed E-state index contributed by atoms with van der Waals surface area (Å²) in [6, 6.07) is 15.8. The van der Waals surface area contributed by atoms with Gasteiger partial charge in [-0.3, -0.25) is 9.59 Å². The molecule has 0 fully saturated rings. The van der Waals surface area contributed by atoms with E-state index in [0.717, 1.165) is 11.1 Å². The zero-order valence-electron chi connectivity index (χ0n) is 18.7. The first-order chi connectivity index (χ1) is 15.2. The molecule has 0 saturated heterocycles. The van der Waals surface area contributed by atoms with E-state index >= 15 is 0 Å². The fourth-order valence-corrected chi connectivity index (χ4v) is 3.97. The van der Waals surface area contributed by atoms with Crippen LogP contribution in [-0.2, 0) is 14.3 Å². The molecule has 1 aliphatic carbocycles. The number of hydrogen-bond acceptors (Lipinski definition) is 4. The fraction of sp³-hybridized carbons (Fsp3) is 0.400. The second kappa shape index (κ2) is 9.85. The number of carbonyl (C=O) groups is 3. The van der Waals surface area contributed by atoms with Gasteiger partial charge in [0.1, 0.15) is 6.61 Å². The van der Waals surface area contributed by atoms with Crippen molar-refractivity contribution in [3.63, 3.8) is 0 Å². The Morgan fingerprint density at radius 1 is 1.03 bits per heavy atom. The molecule has 0 bridgehead atoms. The second-order valence-corrected chi connectivity index (χ2v) is 8.86. The molecule has 1 unspecified atom stereocenters. The molecule has 3 rings (SSSR count). The van der Waals surface area contributed by atoms with E-state index in [-0.39, 0.29) is 31.4 Å². The van der Waals surface area contributed by atoms with Crippen LogP contribution in [0.3, 0.4) is 0 Å². The maximum Gasteiger partial charge on any atom is 0.407 e. The first kappa shape index (κ1) is 23.3. The van der Waals surface area contributed by atoms with E-state index in [1.165, 1.54) is 11.1 Å². The maximum absolute atomic E-state index is 12.4. The highest BCUT2D eigenvalue weighted by atomic mass is 16.5. The van der Waals surface area contributed by atoms with Gasteiger partial charge in [-0.25, -0.2) is 4.79 Å². The zero-order valence-corrected chi connectivity index (χ0v) is 18.7. The first-order valence-corrected chi connectivity index (χ1v) is 10.8. The molecular formula is C25H30N2O5. The average Bonchev–Trinajstić information content (AvgIpc) is 3.05. The van der Waals surface area contributed by atoms with Gasteiger partial charge in [-0.2, -0.15) is 0 Å². The van der Waals surface area contributed by atoms with Gasteiger partial charge >= 0.3 is 12.1 Å². The van der Waals surface area contributed by atoms with Gasteiger partial charge < -0.3 is 20.5 Å². The second-order valence-electron chi connectivity index (χ2n) is 8.86. The Morgan fingerprint density at radius 3 is 2.16 bits per heavy atom. The lowest BCUT2D eigenvalue weighted by Gasteiger charge is -2.25. The SMILES string of the molecule is CC(CC(=O)O)NC(=O)C(C)(C)CCNC(=O)OCC1c2ccccc2-c2ccccc21. The van der Waals surface area contributed by atoms with Gasteiger partial charge in [0.15, 0.2) is 0 Å². The summed E-state index contributed by atoms with van der Waals surface area (Å²) < 4.78 is 5.51. The molecule has 1 aliphatic rings. The van der Waals surface area contributed by atoms with Crippen LogP contribution in [0.1, 0.15) is 50.7 Å². The van der Waals surface area contributed by atoms with E-state index in [1.54, 1.807) is 20.8 Å². The molecule has 0 aliphatic heterocycles. The summed E-state index contributed by atoms with van der Waals surface area (Å²) in [6.07, 6.45) is -0.273. The molecule has 170 valence electrons. The highest BCUT2D eigenvalue weighted by Crippen LogP contribution is 2.44. The Hall–Kier alpha value is -3.35. The lowest BCUT2D eigenvalue weighted by Crippen LogP contribution is -2.44. The normalized spacial score (nSPS) is 13.6. The average molecular weight is 439 g/mol. The number of amides is 2. The van der Waals surface area contributed by atoms with Crippen molar-refractivity contribution in [2.45, 2.75) is 45.6 Å². The number of benzene rings is 2. The van der Waals surface area contributed by atoms with E-state index in [1.807, 2.05) is 24.3 Å². The number of nitrogens with one attached hydrogen (secondary N) is 2. The van der Waals surface area contributed by atoms with Gasteiger partial charge in [-0.15, -0.1) is 0 Å². The number of alkyl carbamates (subject to hydrolysis) is 1. The lowest BCUT2D eigenvalue weighted by atomic mass is 9.88. The third kappa shape index (κ3) is 5.46. The molecule has 0 saturated carbocycles. The molecule has 0 radical (unpaired) electrons. The lowest BCUT2D eigenvalue weighted by molar-refractivity contribution is -0.138. The van der Waals surface area contributed by atoms with Crippen molar-refractivity contribution in [1.82, 2.24) is 10.6 Å². The smallest absolute Gasteiger partial charge is 0.407 e. The van der Waals surface area contributed by atoms with Crippen molar-refractivity contribution >= 4 is 18.0 Å². The van der Waals surface area contributed by atoms with Crippen LogP contribution in [0.5, 0.6) is 0 Å². The highest BCUT2D eigenvalue weighted by molar-refractivity contribution is 5.83. The maximum atomic E-state index is 12.4. The minimum atomic E-state index is -0.965. The molecule has 2 aromatic carbocycles. The van der Waals surface area contributed by atoms with Crippen LogP contribution in [0.25, 0.3) is 11.1 Å². The molecule has 7 nitrogen and oxygen atoms in total. The fourth-order valence-electron chi connectivity index (χ4n) is 3.97. The Balaban J connectivity index is 1.49. The Kier molecular flexibility index (Phi) is 7.18. The number of carboxylic acids is 1. The van der Waals surface area contributed by atoms with Gasteiger partial charge in [-0.1, -0.05) is 62.4 Å². The number of hydrogen-bond donors (Lipinski definition) is 3. The van der Waals surface area contributed by atoms with E-state index in [9.17, 15) is 14.4 Å². The molecule has 0 spiro atoms. The molecule has 2 aromatic rings. The first-order valence-electron chi connectivity index (χ1n) is 10.8. The number of carbonyl (C=O) groups excluding carboxylic acids is 2. The Labute approximate surface area is 188 Å². The Bertz CT molecular complexity index is 956. The van der Waals surface area contributed by atoms with Crippen LogP contribution in [0, 0.1) is 5.41 Å². The van der Waals surface area contributed by atoms with E-state index in [2.05, 4.69) is 34.9 Å². The summed E-state index contributed by atoms with van der Waals surface area (Å²) >= 11 is 0. The van der Waals surface area contributed by atoms with Crippen molar-refractivity contribution in [1.29, 1.82) is 0 Å². The summed E-state index contributed by atoms with van der Waals surface area (Å²) in [4.78, 5) is 35.5. The quantitative estimate of drug-likeness (QED) is 0.550. The van der Waals surface area contributed by atoms with Crippen LogP contribution in [0.4, 0.5) is 4.79 Å². The van der Waals surface area contributed by atoms with E-state index < -0.39 is 23.5 Å². The summed E-state index contributed by atoms with van der Waals surface area (Å²) in [6.45, 7) is 5.67. The van der Waals surface area contributed by atoms with Crippen molar-refractivity contribution in [3.05, 3.63) is 59.7 Å².